The molecule has 4 heteroatoms. The van der Waals surface area contributed by atoms with Crippen molar-refractivity contribution in [3.8, 4) is 11.5 Å². The Morgan fingerprint density at radius 2 is 1.63 bits per heavy atom. The predicted molar refractivity (Wildman–Crippen MR) is 119 cm³/mol. The average molecular weight is 415 g/mol. The van der Waals surface area contributed by atoms with Crippen molar-refractivity contribution in [1.29, 1.82) is 0 Å². The molecule has 0 radical (unpaired) electrons. The third kappa shape index (κ3) is 3.90. The van der Waals surface area contributed by atoms with Crippen molar-refractivity contribution < 1.29 is 19.1 Å². The Kier molecular flexibility index (Phi) is 6.36. The second kappa shape index (κ2) is 8.36. The van der Waals surface area contributed by atoms with E-state index < -0.39 is 0 Å². The SMILES string of the molecule is CCC(=O)Oc1c(C(C)C)cc2c(c1OC(=O)CC)[C@@]1(C)CCCC(C)(C)[C@@H]1CC2. The lowest BCUT2D eigenvalue weighted by molar-refractivity contribution is -0.137. The number of benzene rings is 1. The van der Waals surface area contributed by atoms with E-state index in [-0.39, 0.29) is 41.5 Å². The number of esters is 2. The monoisotopic (exact) mass is 414 g/mol. The standard InChI is InChI=1S/C26H38O4/c1-8-20(27)29-23-18(16(3)4)15-17-11-12-19-25(5,6)13-10-14-26(19,7)22(17)24(23)30-21(28)9-2/h15-16,19H,8-14H2,1-7H3/t19-,26-/m0/s1. The van der Waals surface area contributed by atoms with Gasteiger partial charge in [-0.25, -0.2) is 0 Å². The maximum Gasteiger partial charge on any atom is 0.311 e. The molecule has 30 heavy (non-hydrogen) atoms. The van der Waals surface area contributed by atoms with Crippen LogP contribution in [0.4, 0.5) is 0 Å². The van der Waals surface area contributed by atoms with Gasteiger partial charge in [0.2, 0.25) is 0 Å². The summed E-state index contributed by atoms with van der Waals surface area (Å²) in [5.74, 6) is 1.05. The van der Waals surface area contributed by atoms with Gasteiger partial charge in [-0.15, -0.1) is 0 Å². The van der Waals surface area contributed by atoms with E-state index in [4.69, 9.17) is 9.47 Å². The highest BCUT2D eigenvalue weighted by Crippen LogP contribution is 2.60. The molecule has 2 aliphatic rings. The highest BCUT2D eigenvalue weighted by Gasteiger charge is 2.52. The van der Waals surface area contributed by atoms with Crippen LogP contribution in [0.2, 0.25) is 0 Å². The van der Waals surface area contributed by atoms with E-state index in [1.807, 2.05) is 0 Å². The van der Waals surface area contributed by atoms with E-state index >= 15 is 0 Å². The van der Waals surface area contributed by atoms with Gasteiger partial charge in [-0.05, 0) is 53.9 Å². The van der Waals surface area contributed by atoms with Gasteiger partial charge in [-0.2, -0.15) is 0 Å². The van der Waals surface area contributed by atoms with E-state index in [0.717, 1.165) is 36.8 Å². The Bertz CT molecular complexity index is 836. The molecule has 0 saturated heterocycles. The first-order chi connectivity index (χ1) is 14.0. The molecule has 2 atom stereocenters. The number of ether oxygens (including phenoxy) is 2. The number of aryl methyl sites for hydroxylation is 1. The molecule has 0 amide bonds. The van der Waals surface area contributed by atoms with Crippen LogP contribution >= 0.6 is 0 Å². The molecule has 0 aromatic heterocycles. The highest BCUT2D eigenvalue weighted by molar-refractivity contribution is 5.78. The second-order valence-electron chi connectivity index (χ2n) is 10.3. The van der Waals surface area contributed by atoms with Crippen LogP contribution in [0.1, 0.15) is 110 Å². The Hall–Kier alpha value is -1.84. The van der Waals surface area contributed by atoms with Gasteiger partial charge in [-0.1, -0.05) is 61.0 Å². The summed E-state index contributed by atoms with van der Waals surface area (Å²) in [6, 6.07) is 2.21. The van der Waals surface area contributed by atoms with E-state index in [1.54, 1.807) is 13.8 Å². The van der Waals surface area contributed by atoms with Crippen LogP contribution in [-0.2, 0) is 21.4 Å². The zero-order valence-corrected chi connectivity index (χ0v) is 19.8. The van der Waals surface area contributed by atoms with Crippen LogP contribution in [0.25, 0.3) is 0 Å². The summed E-state index contributed by atoms with van der Waals surface area (Å²) in [6.45, 7) is 14.8. The Balaban J connectivity index is 2.30. The van der Waals surface area contributed by atoms with E-state index in [1.165, 1.54) is 12.0 Å². The summed E-state index contributed by atoms with van der Waals surface area (Å²) in [7, 11) is 0. The fourth-order valence-corrected chi connectivity index (χ4v) is 5.97. The largest absolute Gasteiger partial charge is 0.422 e. The lowest BCUT2D eigenvalue weighted by Gasteiger charge is -2.54. The maximum atomic E-state index is 12.5. The zero-order valence-electron chi connectivity index (χ0n) is 19.8. The first-order valence-corrected chi connectivity index (χ1v) is 11.7. The van der Waals surface area contributed by atoms with Gasteiger partial charge in [0.25, 0.3) is 0 Å². The molecular formula is C26H38O4. The van der Waals surface area contributed by atoms with E-state index in [0.29, 0.717) is 17.4 Å². The summed E-state index contributed by atoms with van der Waals surface area (Å²) < 4.78 is 11.9. The molecule has 1 fully saturated rings. The van der Waals surface area contributed by atoms with Crippen LogP contribution in [0, 0.1) is 11.3 Å². The molecule has 3 rings (SSSR count). The Morgan fingerprint density at radius 3 is 2.20 bits per heavy atom. The predicted octanol–water partition coefficient (Wildman–Crippen LogP) is 6.47. The fraction of sp³-hybridized carbons (Fsp3) is 0.692. The summed E-state index contributed by atoms with van der Waals surface area (Å²) in [5.41, 5.74) is 3.45. The van der Waals surface area contributed by atoms with Crippen molar-refractivity contribution in [2.75, 3.05) is 0 Å². The molecule has 2 aliphatic carbocycles. The summed E-state index contributed by atoms with van der Waals surface area (Å²) in [6.07, 6.45) is 6.11. The van der Waals surface area contributed by atoms with Gasteiger partial charge in [0, 0.05) is 24.0 Å². The van der Waals surface area contributed by atoms with Crippen LogP contribution in [0.5, 0.6) is 11.5 Å². The molecule has 0 bridgehead atoms. The minimum absolute atomic E-state index is 0.0957. The lowest BCUT2D eigenvalue weighted by atomic mass is 9.50. The van der Waals surface area contributed by atoms with E-state index in [2.05, 4.69) is 40.7 Å². The molecule has 1 saturated carbocycles. The van der Waals surface area contributed by atoms with Crippen molar-refractivity contribution >= 4 is 11.9 Å². The molecule has 0 N–H and O–H groups in total. The molecule has 1 aromatic carbocycles. The average Bonchev–Trinajstić information content (AvgIpc) is 2.67. The maximum absolute atomic E-state index is 12.5. The number of fused-ring (bicyclic) bond motifs is 3. The minimum Gasteiger partial charge on any atom is -0.422 e. The number of rotatable bonds is 5. The minimum atomic E-state index is -0.299. The highest BCUT2D eigenvalue weighted by atomic mass is 16.6. The van der Waals surface area contributed by atoms with Crippen LogP contribution < -0.4 is 9.47 Å². The number of carbonyl (C=O) groups excluding carboxylic acids is 2. The van der Waals surface area contributed by atoms with Crippen LogP contribution in [0.15, 0.2) is 6.07 Å². The Morgan fingerprint density at radius 1 is 1.03 bits per heavy atom. The quantitative estimate of drug-likeness (QED) is 0.409. The summed E-state index contributed by atoms with van der Waals surface area (Å²) >= 11 is 0. The lowest BCUT2D eigenvalue weighted by Crippen LogP contribution is -2.48. The summed E-state index contributed by atoms with van der Waals surface area (Å²) in [4.78, 5) is 24.8. The fourth-order valence-electron chi connectivity index (χ4n) is 5.97. The summed E-state index contributed by atoms with van der Waals surface area (Å²) in [5, 5.41) is 0. The van der Waals surface area contributed by atoms with Crippen LogP contribution in [0.3, 0.4) is 0 Å². The van der Waals surface area contributed by atoms with Gasteiger partial charge in [0.1, 0.15) is 0 Å². The normalized spacial score (nSPS) is 24.7. The zero-order chi connectivity index (χ0) is 22.3. The van der Waals surface area contributed by atoms with Crippen molar-refractivity contribution in [2.45, 2.75) is 105 Å². The van der Waals surface area contributed by atoms with E-state index in [9.17, 15) is 9.59 Å². The van der Waals surface area contributed by atoms with Crippen molar-refractivity contribution in [2.24, 2.45) is 11.3 Å². The molecule has 0 spiro atoms. The first kappa shape index (κ1) is 22.8. The van der Waals surface area contributed by atoms with Gasteiger partial charge in [0.05, 0.1) is 0 Å². The number of hydrogen-bond acceptors (Lipinski definition) is 4. The number of hydrogen-bond donors (Lipinski definition) is 0. The van der Waals surface area contributed by atoms with Crippen molar-refractivity contribution in [3.05, 3.63) is 22.8 Å². The van der Waals surface area contributed by atoms with Gasteiger partial charge in [0.15, 0.2) is 11.5 Å². The van der Waals surface area contributed by atoms with Crippen LogP contribution in [-0.4, -0.2) is 11.9 Å². The third-order valence-corrected chi connectivity index (χ3v) is 7.48. The Labute approximate surface area is 181 Å². The molecule has 1 aromatic rings. The topological polar surface area (TPSA) is 52.6 Å². The van der Waals surface area contributed by atoms with Gasteiger partial charge in [-0.3, -0.25) is 9.59 Å². The van der Waals surface area contributed by atoms with Gasteiger partial charge < -0.3 is 9.47 Å². The molecule has 4 nitrogen and oxygen atoms in total. The second-order valence-corrected chi connectivity index (χ2v) is 10.3. The van der Waals surface area contributed by atoms with Crippen molar-refractivity contribution in [3.63, 3.8) is 0 Å². The molecule has 0 aliphatic heterocycles. The third-order valence-electron chi connectivity index (χ3n) is 7.48. The smallest absolute Gasteiger partial charge is 0.311 e. The van der Waals surface area contributed by atoms with Crippen molar-refractivity contribution in [1.82, 2.24) is 0 Å². The molecule has 0 unspecified atom stereocenters. The molecule has 0 heterocycles. The number of carbonyl (C=O) groups is 2. The first-order valence-electron chi connectivity index (χ1n) is 11.7. The van der Waals surface area contributed by atoms with Gasteiger partial charge >= 0.3 is 11.9 Å². The molecular weight excluding hydrogens is 376 g/mol. The molecule has 166 valence electrons.